The van der Waals surface area contributed by atoms with Gasteiger partial charge in [0.2, 0.25) is 0 Å². The lowest BCUT2D eigenvalue weighted by Crippen LogP contribution is -1.92. The maximum absolute atomic E-state index is 8.94. The van der Waals surface area contributed by atoms with Gasteiger partial charge in [0.15, 0.2) is 0 Å². The fourth-order valence-electron chi connectivity index (χ4n) is 2.17. The van der Waals surface area contributed by atoms with Crippen molar-refractivity contribution in [2.75, 3.05) is 13.7 Å². The number of halogens is 1. The molecule has 0 radical (unpaired) electrons. The van der Waals surface area contributed by atoms with Gasteiger partial charge in [0.1, 0.15) is 5.75 Å². The number of ether oxygens (including phenoxy) is 1. The van der Waals surface area contributed by atoms with Crippen LogP contribution < -0.4 is 4.74 Å². The molecule has 0 saturated heterocycles. The van der Waals surface area contributed by atoms with Gasteiger partial charge in [-0.05, 0) is 37.5 Å². The van der Waals surface area contributed by atoms with Gasteiger partial charge in [0.05, 0.1) is 17.6 Å². The van der Waals surface area contributed by atoms with Gasteiger partial charge in [0, 0.05) is 17.7 Å². The number of aromatic amines is 1. The fraction of sp³-hybridized carbons (Fsp3) is 0.385. The van der Waals surface area contributed by atoms with Gasteiger partial charge >= 0.3 is 0 Å². The summed E-state index contributed by atoms with van der Waals surface area (Å²) in [5, 5.41) is 10.7. The highest BCUT2D eigenvalue weighted by molar-refractivity contribution is 6.35. The van der Waals surface area contributed by atoms with E-state index >= 15 is 0 Å². The van der Waals surface area contributed by atoms with E-state index in [0.717, 1.165) is 35.2 Å². The summed E-state index contributed by atoms with van der Waals surface area (Å²) in [6.45, 7) is 2.21. The molecule has 0 atom stereocenters. The number of hydrogen-bond acceptors (Lipinski definition) is 2. The van der Waals surface area contributed by atoms with Crippen molar-refractivity contribution in [3.63, 3.8) is 0 Å². The Balaban J connectivity index is 2.64. The average molecular weight is 254 g/mol. The van der Waals surface area contributed by atoms with Crippen LogP contribution in [-0.2, 0) is 6.42 Å². The van der Waals surface area contributed by atoms with Crippen LogP contribution in [0.5, 0.6) is 5.75 Å². The fourth-order valence-corrected chi connectivity index (χ4v) is 2.37. The van der Waals surface area contributed by atoms with Gasteiger partial charge in [0.25, 0.3) is 0 Å². The highest BCUT2D eigenvalue weighted by Gasteiger charge is 2.14. The Labute approximate surface area is 105 Å². The van der Waals surface area contributed by atoms with Crippen molar-refractivity contribution in [1.82, 2.24) is 4.98 Å². The van der Waals surface area contributed by atoms with E-state index in [2.05, 4.69) is 4.98 Å². The summed E-state index contributed by atoms with van der Waals surface area (Å²) in [5.74, 6) is 0.821. The monoisotopic (exact) mass is 253 g/mol. The predicted molar refractivity (Wildman–Crippen MR) is 70.0 cm³/mol. The topological polar surface area (TPSA) is 45.2 Å². The summed E-state index contributed by atoms with van der Waals surface area (Å²) in [6.07, 6.45) is 1.56. The molecule has 0 bridgehead atoms. The normalized spacial score (nSPS) is 11.1. The first-order valence-electron chi connectivity index (χ1n) is 5.63. The highest BCUT2D eigenvalue weighted by atomic mass is 35.5. The number of H-pyrrole nitrogens is 1. The largest absolute Gasteiger partial charge is 0.496 e. The first-order valence-corrected chi connectivity index (χ1v) is 6.01. The zero-order chi connectivity index (χ0) is 12.4. The number of aryl methyl sites for hydroxylation is 2. The number of methoxy groups -OCH3 is 1. The molecule has 0 saturated carbocycles. The van der Waals surface area contributed by atoms with Crippen molar-refractivity contribution >= 4 is 22.5 Å². The van der Waals surface area contributed by atoms with E-state index in [1.54, 1.807) is 7.11 Å². The Bertz CT molecular complexity index is 534. The molecule has 4 heteroatoms. The average Bonchev–Trinajstić information content (AvgIpc) is 2.65. The Hall–Kier alpha value is -1.19. The number of hydrogen-bond donors (Lipinski definition) is 2. The minimum absolute atomic E-state index is 0.189. The van der Waals surface area contributed by atoms with E-state index in [-0.39, 0.29) is 6.61 Å². The van der Waals surface area contributed by atoms with Crippen LogP contribution in [0.15, 0.2) is 12.1 Å². The molecule has 0 unspecified atom stereocenters. The lowest BCUT2D eigenvalue weighted by molar-refractivity contribution is 0.288. The highest BCUT2D eigenvalue weighted by Crippen LogP contribution is 2.35. The summed E-state index contributed by atoms with van der Waals surface area (Å²) < 4.78 is 5.38. The lowest BCUT2D eigenvalue weighted by atomic mass is 10.1. The molecular weight excluding hydrogens is 238 g/mol. The summed E-state index contributed by atoms with van der Waals surface area (Å²) in [6, 6.07) is 3.70. The van der Waals surface area contributed by atoms with Crippen LogP contribution in [-0.4, -0.2) is 23.8 Å². The van der Waals surface area contributed by atoms with Crippen LogP contribution in [0, 0.1) is 6.92 Å². The van der Waals surface area contributed by atoms with Gasteiger partial charge < -0.3 is 14.8 Å². The zero-order valence-electron chi connectivity index (χ0n) is 10.0. The number of aromatic nitrogens is 1. The van der Waals surface area contributed by atoms with Crippen molar-refractivity contribution in [2.24, 2.45) is 0 Å². The van der Waals surface area contributed by atoms with Gasteiger partial charge in [-0.1, -0.05) is 11.6 Å². The Morgan fingerprint density at radius 2 is 2.18 bits per heavy atom. The third kappa shape index (κ3) is 2.13. The maximum Gasteiger partial charge on any atom is 0.128 e. The van der Waals surface area contributed by atoms with E-state index in [1.165, 1.54) is 5.56 Å². The van der Waals surface area contributed by atoms with Crippen LogP contribution in [0.4, 0.5) is 0 Å². The molecule has 1 aromatic heterocycles. The maximum atomic E-state index is 8.94. The van der Waals surface area contributed by atoms with Gasteiger partial charge in [-0.3, -0.25) is 0 Å². The number of aliphatic hydroxyl groups excluding tert-OH is 1. The Kier molecular flexibility index (Phi) is 3.60. The number of rotatable bonds is 4. The van der Waals surface area contributed by atoms with E-state index < -0.39 is 0 Å². The third-order valence-electron chi connectivity index (χ3n) is 2.99. The molecule has 1 heterocycles. The molecule has 0 amide bonds. The zero-order valence-corrected chi connectivity index (χ0v) is 10.8. The second kappa shape index (κ2) is 4.98. The van der Waals surface area contributed by atoms with Gasteiger partial charge in [-0.15, -0.1) is 0 Å². The van der Waals surface area contributed by atoms with Crippen LogP contribution in [0.2, 0.25) is 5.02 Å². The van der Waals surface area contributed by atoms with Gasteiger partial charge in [-0.2, -0.15) is 0 Å². The van der Waals surface area contributed by atoms with Crippen LogP contribution in [0.25, 0.3) is 10.9 Å². The third-order valence-corrected chi connectivity index (χ3v) is 3.30. The van der Waals surface area contributed by atoms with E-state index in [1.807, 2.05) is 19.1 Å². The van der Waals surface area contributed by atoms with E-state index in [9.17, 15) is 0 Å². The molecule has 0 spiro atoms. The first-order chi connectivity index (χ1) is 8.19. The minimum Gasteiger partial charge on any atom is -0.496 e. The Morgan fingerprint density at radius 3 is 2.82 bits per heavy atom. The van der Waals surface area contributed by atoms with Crippen molar-refractivity contribution in [1.29, 1.82) is 0 Å². The molecule has 0 aliphatic heterocycles. The molecule has 0 fully saturated rings. The van der Waals surface area contributed by atoms with Crippen molar-refractivity contribution < 1.29 is 9.84 Å². The first kappa shape index (κ1) is 12.3. The summed E-state index contributed by atoms with van der Waals surface area (Å²) >= 11 is 6.17. The van der Waals surface area contributed by atoms with Gasteiger partial charge in [-0.25, -0.2) is 0 Å². The summed E-state index contributed by atoms with van der Waals surface area (Å²) in [5.41, 5.74) is 3.17. The number of aliphatic hydroxyl groups is 1. The summed E-state index contributed by atoms with van der Waals surface area (Å²) in [7, 11) is 1.65. The number of nitrogens with one attached hydrogen (secondary N) is 1. The minimum atomic E-state index is 0.189. The predicted octanol–water partition coefficient (Wildman–Crippen LogP) is 3.06. The van der Waals surface area contributed by atoms with Crippen molar-refractivity contribution in [2.45, 2.75) is 19.8 Å². The van der Waals surface area contributed by atoms with Crippen molar-refractivity contribution in [3.05, 3.63) is 28.4 Å². The molecule has 92 valence electrons. The lowest BCUT2D eigenvalue weighted by Gasteiger charge is -2.06. The SMILES string of the molecule is COc1ccc(Cl)c2[nH]c(C)c(CCCO)c12. The molecule has 2 aromatic rings. The Morgan fingerprint density at radius 1 is 1.41 bits per heavy atom. The standard InChI is InChI=1S/C13H16ClNO2/c1-8-9(4-3-7-16)12-11(17-2)6-5-10(14)13(12)15-8/h5-6,15-16H,3-4,7H2,1-2H3. The summed E-state index contributed by atoms with van der Waals surface area (Å²) in [4.78, 5) is 3.29. The molecule has 3 nitrogen and oxygen atoms in total. The molecule has 2 N–H and O–H groups in total. The second-order valence-electron chi connectivity index (χ2n) is 4.06. The molecule has 1 aromatic carbocycles. The second-order valence-corrected chi connectivity index (χ2v) is 4.46. The molecular formula is C13H16ClNO2. The molecule has 2 rings (SSSR count). The number of fused-ring (bicyclic) bond motifs is 1. The molecule has 17 heavy (non-hydrogen) atoms. The van der Waals surface area contributed by atoms with E-state index in [4.69, 9.17) is 21.4 Å². The molecule has 0 aliphatic carbocycles. The van der Waals surface area contributed by atoms with Crippen LogP contribution in [0.3, 0.4) is 0 Å². The van der Waals surface area contributed by atoms with E-state index in [0.29, 0.717) is 5.02 Å². The van der Waals surface area contributed by atoms with Crippen LogP contribution in [0.1, 0.15) is 17.7 Å². The molecule has 0 aliphatic rings. The quantitative estimate of drug-likeness (QED) is 0.880. The van der Waals surface area contributed by atoms with Crippen molar-refractivity contribution in [3.8, 4) is 5.75 Å². The number of benzene rings is 1. The van der Waals surface area contributed by atoms with Crippen LogP contribution >= 0.6 is 11.6 Å². The smallest absolute Gasteiger partial charge is 0.128 e.